The van der Waals surface area contributed by atoms with Crippen molar-refractivity contribution < 1.29 is 0 Å². The van der Waals surface area contributed by atoms with Gasteiger partial charge in [-0.1, -0.05) is 25.3 Å². The van der Waals surface area contributed by atoms with Crippen molar-refractivity contribution in [2.24, 2.45) is 0 Å². The molecule has 1 heteroatoms. The molecule has 0 aliphatic rings. The Hall–Kier alpha value is -1.24. The van der Waals surface area contributed by atoms with Crippen molar-refractivity contribution in [1.82, 2.24) is 5.32 Å². The number of nitrogens with one attached hydrogen (secondary N) is 1. The van der Waals surface area contributed by atoms with Gasteiger partial charge in [0.05, 0.1) is 0 Å². The van der Waals surface area contributed by atoms with Gasteiger partial charge < -0.3 is 5.32 Å². The van der Waals surface area contributed by atoms with Gasteiger partial charge in [-0.25, -0.2) is 0 Å². The third-order valence-electron chi connectivity index (χ3n) is 1.23. The van der Waals surface area contributed by atoms with Crippen LogP contribution >= 0.6 is 0 Å². The summed E-state index contributed by atoms with van der Waals surface area (Å²) in [5.74, 6) is 0. The highest BCUT2D eigenvalue weighted by molar-refractivity contribution is 5.42. The fourth-order valence-corrected chi connectivity index (χ4v) is 0.599. The molecule has 1 nitrogen and oxygen atoms in total. The molecule has 0 amide bonds. The van der Waals surface area contributed by atoms with E-state index in [4.69, 9.17) is 0 Å². The quantitative estimate of drug-likeness (QED) is 0.605. The molecule has 0 atom stereocenters. The van der Waals surface area contributed by atoms with Crippen LogP contribution in [0.25, 0.3) is 0 Å². The van der Waals surface area contributed by atoms with Crippen molar-refractivity contribution in [3.63, 3.8) is 0 Å². The Morgan fingerprint density at radius 2 is 1.73 bits per heavy atom. The van der Waals surface area contributed by atoms with Gasteiger partial charge in [0.15, 0.2) is 0 Å². The fourth-order valence-electron chi connectivity index (χ4n) is 0.599. The summed E-state index contributed by atoms with van der Waals surface area (Å²) in [6.07, 6.45) is 7.60. The smallest absolute Gasteiger partial charge is 0.00277 e. The number of hydrogen-bond acceptors (Lipinski definition) is 1. The average molecular weight is 149 g/mol. The Bertz CT molecular complexity index is 197. The lowest BCUT2D eigenvalue weighted by Crippen LogP contribution is -1.91. The first-order valence-corrected chi connectivity index (χ1v) is 3.57. The fraction of sp³-hybridized carbons (Fsp3) is 0.200. The Kier molecular flexibility index (Phi) is 4.91. The van der Waals surface area contributed by atoms with E-state index in [1.54, 1.807) is 0 Å². The standard InChI is InChI=1S/C10H15N/c1-5-6-9(2)10(3)7-8-11-4/h5-8,11H,2-3H2,1,4H3/b6-5-,8-7-. The average Bonchev–Trinajstić information content (AvgIpc) is 2.00. The van der Waals surface area contributed by atoms with E-state index >= 15 is 0 Å². The lowest BCUT2D eigenvalue weighted by Gasteiger charge is -1.96. The van der Waals surface area contributed by atoms with Gasteiger partial charge in [0.2, 0.25) is 0 Å². The molecule has 60 valence electrons. The van der Waals surface area contributed by atoms with E-state index in [1.165, 1.54) is 0 Å². The van der Waals surface area contributed by atoms with Crippen LogP contribution in [0.5, 0.6) is 0 Å². The maximum absolute atomic E-state index is 3.83. The van der Waals surface area contributed by atoms with Crippen molar-refractivity contribution >= 4 is 0 Å². The van der Waals surface area contributed by atoms with E-state index in [1.807, 2.05) is 38.4 Å². The van der Waals surface area contributed by atoms with E-state index in [-0.39, 0.29) is 0 Å². The summed E-state index contributed by atoms with van der Waals surface area (Å²) in [6.45, 7) is 9.62. The highest BCUT2D eigenvalue weighted by Gasteiger charge is 1.88. The molecule has 0 fully saturated rings. The molecule has 0 radical (unpaired) electrons. The molecule has 1 N–H and O–H groups in total. The van der Waals surface area contributed by atoms with E-state index in [0.29, 0.717) is 0 Å². The summed E-state index contributed by atoms with van der Waals surface area (Å²) in [7, 11) is 1.85. The van der Waals surface area contributed by atoms with E-state index in [0.717, 1.165) is 11.1 Å². The molecule has 0 saturated heterocycles. The highest BCUT2D eigenvalue weighted by atomic mass is 14.8. The summed E-state index contributed by atoms with van der Waals surface area (Å²) in [5, 5.41) is 2.89. The Balaban J connectivity index is 4.04. The molecule has 0 aromatic carbocycles. The van der Waals surface area contributed by atoms with Gasteiger partial charge >= 0.3 is 0 Å². The van der Waals surface area contributed by atoms with Crippen LogP contribution in [0.3, 0.4) is 0 Å². The van der Waals surface area contributed by atoms with Crippen molar-refractivity contribution in [3.05, 3.63) is 48.7 Å². The zero-order chi connectivity index (χ0) is 8.69. The third-order valence-corrected chi connectivity index (χ3v) is 1.23. The molecule has 0 aromatic rings. The second-order valence-corrected chi connectivity index (χ2v) is 2.17. The largest absolute Gasteiger partial charge is 0.394 e. The molecule has 11 heavy (non-hydrogen) atoms. The van der Waals surface area contributed by atoms with Crippen LogP contribution < -0.4 is 5.32 Å². The predicted molar refractivity (Wildman–Crippen MR) is 51.3 cm³/mol. The van der Waals surface area contributed by atoms with Crippen LogP contribution in [0.1, 0.15) is 6.92 Å². The van der Waals surface area contributed by atoms with Crippen LogP contribution in [0, 0.1) is 0 Å². The molecule has 0 spiro atoms. The Morgan fingerprint density at radius 3 is 2.18 bits per heavy atom. The molecule has 0 aromatic heterocycles. The third kappa shape index (κ3) is 4.20. The van der Waals surface area contributed by atoms with Gasteiger partial charge in [0, 0.05) is 7.05 Å². The van der Waals surface area contributed by atoms with Crippen LogP contribution in [-0.2, 0) is 0 Å². The number of hydrogen-bond donors (Lipinski definition) is 1. The summed E-state index contributed by atoms with van der Waals surface area (Å²) in [6, 6.07) is 0. The van der Waals surface area contributed by atoms with E-state index in [2.05, 4.69) is 18.5 Å². The van der Waals surface area contributed by atoms with Crippen molar-refractivity contribution in [2.45, 2.75) is 6.92 Å². The second-order valence-electron chi connectivity index (χ2n) is 2.17. The van der Waals surface area contributed by atoms with Gasteiger partial charge in [-0.3, -0.25) is 0 Å². The van der Waals surface area contributed by atoms with E-state index in [9.17, 15) is 0 Å². The molecule has 0 saturated carbocycles. The molecule has 0 bridgehead atoms. The zero-order valence-electron chi connectivity index (χ0n) is 7.22. The van der Waals surface area contributed by atoms with Crippen molar-refractivity contribution in [3.8, 4) is 0 Å². The first-order valence-electron chi connectivity index (χ1n) is 3.57. The van der Waals surface area contributed by atoms with Gasteiger partial charge in [-0.15, -0.1) is 0 Å². The van der Waals surface area contributed by atoms with Gasteiger partial charge in [-0.2, -0.15) is 0 Å². The monoisotopic (exact) mass is 149 g/mol. The molecule has 0 rings (SSSR count). The zero-order valence-corrected chi connectivity index (χ0v) is 7.22. The lowest BCUT2D eigenvalue weighted by molar-refractivity contribution is 1.10. The van der Waals surface area contributed by atoms with E-state index < -0.39 is 0 Å². The maximum atomic E-state index is 3.83. The van der Waals surface area contributed by atoms with Crippen LogP contribution in [0.15, 0.2) is 48.7 Å². The Labute approximate surface area is 68.8 Å². The summed E-state index contributed by atoms with van der Waals surface area (Å²) >= 11 is 0. The van der Waals surface area contributed by atoms with Crippen LogP contribution in [-0.4, -0.2) is 7.05 Å². The minimum atomic E-state index is 0.928. The normalized spacial score (nSPS) is 10.7. The minimum absolute atomic E-state index is 0.928. The predicted octanol–water partition coefficient (Wildman–Crippen LogP) is 2.41. The molecule has 0 aliphatic carbocycles. The van der Waals surface area contributed by atoms with Gasteiger partial charge in [0.25, 0.3) is 0 Å². The summed E-state index contributed by atoms with van der Waals surface area (Å²) < 4.78 is 0. The number of allylic oxidation sites excluding steroid dienone is 5. The topological polar surface area (TPSA) is 12.0 Å². The lowest BCUT2D eigenvalue weighted by atomic mass is 10.1. The minimum Gasteiger partial charge on any atom is -0.394 e. The van der Waals surface area contributed by atoms with Gasteiger partial charge in [0.1, 0.15) is 0 Å². The molecule has 0 heterocycles. The molecular formula is C10H15N. The maximum Gasteiger partial charge on any atom is 0.00277 e. The van der Waals surface area contributed by atoms with Crippen molar-refractivity contribution in [1.29, 1.82) is 0 Å². The first kappa shape index (κ1) is 9.76. The highest BCUT2D eigenvalue weighted by Crippen LogP contribution is 2.06. The second kappa shape index (κ2) is 5.54. The molecular weight excluding hydrogens is 134 g/mol. The SMILES string of the molecule is C=C(/C=C\C)C(=C)/C=C\NC. The summed E-state index contributed by atoms with van der Waals surface area (Å²) in [4.78, 5) is 0. The Morgan fingerprint density at radius 1 is 1.18 bits per heavy atom. The van der Waals surface area contributed by atoms with Gasteiger partial charge in [-0.05, 0) is 30.3 Å². The summed E-state index contributed by atoms with van der Waals surface area (Å²) in [5.41, 5.74) is 1.87. The number of rotatable bonds is 4. The van der Waals surface area contributed by atoms with Crippen molar-refractivity contribution in [2.75, 3.05) is 7.05 Å². The first-order chi connectivity index (χ1) is 5.22. The molecule has 0 unspecified atom stereocenters. The van der Waals surface area contributed by atoms with Crippen LogP contribution in [0.4, 0.5) is 0 Å². The molecule has 0 aliphatic heterocycles. The van der Waals surface area contributed by atoms with Crippen LogP contribution in [0.2, 0.25) is 0 Å².